The normalized spacial score (nSPS) is 10.3. The first-order valence-corrected chi connectivity index (χ1v) is 7.91. The summed E-state index contributed by atoms with van der Waals surface area (Å²) in [6.07, 6.45) is -0.560. The molecule has 0 aromatic heterocycles. The van der Waals surface area contributed by atoms with Crippen molar-refractivity contribution in [3.8, 4) is 0 Å². The number of benzene rings is 2. The van der Waals surface area contributed by atoms with Gasteiger partial charge in [-0.05, 0) is 43.3 Å². The van der Waals surface area contributed by atoms with Gasteiger partial charge in [-0.1, -0.05) is 12.1 Å². The second kappa shape index (κ2) is 12.6. The molecule has 10 nitrogen and oxygen atoms in total. The summed E-state index contributed by atoms with van der Waals surface area (Å²) in [7, 11) is 0. The van der Waals surface area contributed by atoms with Crippen molar-refractivity contribution in [2.75, 3.05) is 6.61 Å². The number of aromatic carboxylic acids is 4. The van der Waals surface area contributed by atoms with Gasteiger partial charge in [0.1, 0.15) is 0 Å². The van der Waals surface area contributed by atoms with Crippen molar-refractivity contribution in [2.45, 2.75) is 13.0 Å². The molecule has 0 heterocycles. The van der Waals surface area contributed by atoms with Crippen LogP contribution in [-0.2, 0) is 0 Å². The van der Waals surface area contributed by atoms with Crippen molar-refractivity contribution in [1.82, 2.24) is 0 Å². The fourth-order valence-electron chi connectivity index (χ4n) is 1.57. The maximum absolute atomic E-state index is 10.4. The summed E-state index contributed by atoms with van der Waals surface area (Å²) in [6, 6.07) is 10.4. The Labute approximate surface area is 164 Å². The average Bonchev–Trinajstić information content (AvgIpc) is 2.69. The first-order valence-electron chi connectivity index (χ1n) is 7.91. The minimum atomic E-state index is -1.13. The molecule has 0 amide bonds. The van der Waals surface area contributed by atoms with E-state index in [9.17, 15) is 19.2 Å². The molecule has 0 radical (unpaired) electrons. The molecular formula is C19H20O10. The number of carboxylic acids is 4. The van der Waals surface area contributed by atoms with Crippen molar-refractivity contribution in [1.29, 1.82) is 0 Å². The van der Waals surface area contributed by atoms with E-state index in [1.807, 2.05) is 0 Å². The molecular weight excluding hydrogens is 388 g/mol. The number of aliphatic hydroxyl groups excluding tert-OH is 2. The Balaban J connectivity index is 0.000000442. The van der Waals surface area contributed by atoms with Crippen molar-refractivity contribution in [3.63, 3.8) is 0 Å². The lowest BCUT2D eigenvalue weighted by Crippen LogP contribution is -2.03. The molecule has 2 rings (SSSR count). The van der Waals surface area contributed by atoms with Gasteiger partial charge in [0.05, 0.1) is 35.0 Å². The predicted molar refractivity (Wildman–Crippen MR) is 99.5 cm³/mol. The van der Waals surface area contributed by atoms with Crippen LogP contribution >= 0.6 is 0 Å². The van der Waals surface area contributed by atoms with Crippen LogP contribution in [0, 0.1) is 0 Å². The van der Waals surface area contributed by atoms with Crippen LogP contribution in [0.5, 0.6) is 0 Å². The van der Waals surface area contributed by atoms with E-state index >= 15 is 0 Å². The molecule has 6 N–H and O–H groups in total. The molecule has 1 atom stereocenters. The van der Waals surface area contributed by atoms with Crippen LogP contribution in [0.4, 0.5) is 0 Å². The molecule has 29 heavy (non-hydrogen) atoms. The highest BCUT2D eigenvalue weighted by Gasteiger charge is 2.07. The van der Waals surface area contributed by atoms with Crippen LogP contribution in [-0.4, -0.2) is 67.2 Å². The summed E-state index contributed by atoms with van der Waals surface area (Å²) in [4.78, 5) is 41.5. The highest BCUT2D eigenvalue weighted by atomic mass is 16.4. The Morgan fingerprint density at radius 3 is 1.03 bits per heavy atom. The topological polar surface area (TPSA) is 190 Å². The monoisotopic (exact) mass is 408 g/mol. The zero-order chi connectivity index (χ0) is 22.6. The van der Waals surface area contributed by atoms with Gasteiger partial charge in [0, 0.05) is 0 Å². The van der Waals surface area contributed by atoms with Gasteiger partial charge in [-0.25, -0.2) is 19.2 Å². The van der Waals surface area contributed by atoms with Crippen LogP contribution in [0.3, 0.4) is 0 Å². The zero-order valence-corrected chi connectivity index (χ0v) is 15.2. The molecule has 0 aliphatic heterocycles. The average molecular weight is 408 g/mol. The number of carbonyl (C=O) groups is 4. The quantitative estimate of drug-likeness (QED) is 0.423. The molecule has 0 spiro atoms. The van der Waals surface area contributed by atoms with E-state index in [0.717, 1.165) is 12.1 Å². The fourth-order valence-corrected chi connectivity index (χ4v) is 1.57. The van der Waals surface area contributed by atoms with E-state index in [0.29, 0.717) is 0 Å². The van der Waals surface area contributed by atoms with Crippen molar-refractivity contribution < 1.29 is 49.8 Å². The third-order valence-corrected chi connectivity index (χ3v) is 2.98. The largest absolute Gasteiger partial charge is 0.478 e. The third kappa shape index (κ3) is 10.2. The number of rotatable bonds is 5. The fraction of sp³-hybridized carbons (Fsp3) is 0.158. The third-order valence-electron chi connectivity index (χ3n) is 2.98. The number of hydrogen-bond acceptors (Lipinski definition) is 6. The molecule has 10 heteroatoms. The van der Waals surface area contributed by atoms with E-state index in [1.165, 1.54) is 43.3 Å². The Kier molecular flexibility index (Phi) is 11.0. The first-order chi connectivity index (χ1) is 13.5. The van der Waals surface area contributed by atoms with Crippen LogP contribution in [0.25, 0.3) is 0 Å². The van der Waals surface area contributed by atoms with Gasteiger partial charge in [-0.3, -0.25) is 0 Å². The molecule has 0 saturated heterocycles. The Morgan fingerprint density at radius 2 is 0.897 bits per heavy atom. The highest BCUT2D eigenvalue weighted by molar-refractivity contribution is 5.94. The van der Waals surface area contributed by atoms with Crippen molar-refractivity contribution >= 4 is 23.9 Å². The maximum Gasteiger partial charge on any atom is 0.335 e. The first kappa shape index (κ1) is 25.2. The van der Waals surface area contributed by atoms with Gasteiger partial charge < -0.3 is 30.6 Å². The number of carboxylic acid groups (broad SMARTS) is 4. The van der Waals surface area contributed by atoms with E-state index < -0.39 is 30.0 Å². The van der Waals surface area contributed by atoms with Gasteiger partial charge >= 0.3 is 23.9 Å². The molecule has 0 aliphatic carbocycles. The van der Waals surface area contributed by atoms with E-state index in [4.69, 9.17) is 30.6 Å². The standard InChI is InChI=1S/2C8H6O4.C3H8O2/c2*9-7(10)5-2-1-3-6(4-5)8(11)12;1-3(5)2-4/h2*1-4H,(H,9,10)(H,11,12);3-5H,2H2,1H3. The molecule has 0 fully saturated rings. The summed E-state index contributed by atoms with van der Waals surface area (Å²) >= 11 is 0. The molecule has 0 bridgehead atoms. The maximum atomic E-state index is 10.4. The van der Waals surface area contributed by atoms with Crippen LogP contribution in [0.1, 0.15) is 48.4 Å². The van der Waals surface area contributed by atoms with Gasteiger partial charge in [0.2, 0.25) is 0 Å². The number of aliphatic hydroxyl groups is 2. The van der Waals surface area contributed by atoms with Crippen molar-refractivity contribution in [2.24, 2.45) is 0 Å². The summed E-state index contributed by atoms with van der Waals surface area (Å²) in [5.41, 5.74) is -0.0744. The summed E-state index contributed by atoms with van der Waals surface area (Å²) in [5, 5.41) is 50.0. The Bertz CT molecular complexity index is 732. The number of hydrogen-bond donors (Lipinski definition) is 6. The lowest BCUT2D eigenvalue weighted by atomic mass is 10.1. The SMILES string of the molecule is CC(O)CO.O=C(O)c1cccc(C(=O)O)c1.O=C(O)c1cccc(C(=O)O)c1. The minimum absolute atomic E-state index is 0.0186. The van der Waals surface area contributed by atoms with Crippen LogP contribution < -0.4 is 0 Å². The lowest BCUT2D eigenvalue weighted by Gasteiger charge is -1.95. The molecule has 2 aromatic carbocycles. The van der Waals surface area contributed by atoms with Gasteiger partial charge in [0.25, 0.3) is 0 Å². The molecule has 0 aliphatic rings. The summed E-state index contributed by atoms with van der Waals surface area (Å²) < 4.78 is 0. The van der Waals surface area contributed by atoms with Gasteiger partial charge in [-0.15, -0.1) is 0 Å². The highest BCUT2D eigenvalue weighted by Crippen LogP contribution is 2.05. The molecule has 156 valence electrons. The van der Waals surface area contributed by atoms with Gasteiger partial charge in [0.15, 0.2) is 0 Å². The van der Waals surface area contributed by atoms with E-state index in [1.54, 1.807) is 0 Å². The zero-order valence-electron chi connectivity index (χ0n) is 15.2. The molecule has 2 aromatic rings. The molecule has 1 unspecified atom stereocenters. The smallest absolute Gasteiger partial charge is 0.335 e. The van der Waals surface area contributed by atoms with Crippen LogP contribution in [0.15, 0.2) is 48.5 Å². The Hall–Kier alpha value is -3.76. The molecule has 0 saturated carbocycles. The van der Waals surface area contributed by atoms with Crippen LogP contribution in [0.2, 0.25) is 0 Å². The van der Waals surface area contributed by atoms with E-state index in [2.05, 4.69) is 0 Å². The second-order valence-electron chi connectivity index (χ2n) is 5.41. The predicted octanol–water partition coefficient (Wildman–Crippen LogP) is 1.53. The van der Waals surface area contributed by atoms with Crippen molar-refractivity contribution in [3.05, 3.63) is 70.8 Å². The lowest BCUT2D eigenvalue weighted by molar-refractivity contribution is 0.0676. The second-order valence-corrected chi connectivity index (χ2v) is 5.41. The van der Waals surface area contributed by atoms with E-state index in [-0.39, 0.29) is 28.9 Å². The van der Waals surface area contributed by atoms with Gasteiger partial charge in [-0.2, -0.15) is 0 Å². The summed E-state index contributed by atoms with van der Waals surface area (Å²) in [6.45, 7) is 1.39. The Morgan fingerprint density at radius 1 is 0.690 bits per heavy atom. The minimum Gasteiger partial charge on any atom is -0.478 e. The summed E-state index contributed by atoms with van der Waals surface area (Å²) in [5.74, 6) is -4.51.